The Morgan fingerprint density at radius 3 is 2.28 bits per heavy atom. The van der Waals surface area contributed by atoms with E-state index in [0.717, 1.165) is 0 Å². The molecule has 0 aliphatic carbocycles. The number of hydrogen-bond donors (Lipinski definition) is 1. The van der Waals surface area contributed by atoms with Gasteiger partial charge in [-0.1, -0.05) is 67.1 Å². The van der Waals surface area contributed by atoms with E-state index in [2.05, 4.69) is 13.5 Å². The van der Waals surface area contributed by atoms with Crippen molar-refractivity contribution in [3.8, 4) is 5.75 Å². The third kappa shape index (κ3) is 7.15. The van der Waals surface area contributed by atoms with Crippen LogP contribution in [0.25, 0.3) is 0 Å². The summed E-state index contributed by atoms with van der Waals surface area (Å²) in [5, 5.41) is 9.56. The maximum atomic E-state index is 8.95. The smallest absolute Gasteiger partial charge is 0.135 e. The highest BCUT2D eigenvalue weighted by atomic mass is 35.5. The minimum atomic E-state index is -0.0592. The number of rotatable bonds is 5. The van der Waals surface area contributed by atoms with Gasteiger partial charge in [-0.25, -0.2) is 0 Å². The first-order valence-electron chi connectivity index (χ1n) is 5.97. The molecule has 1 aromatic rings. The first kappa shape index (κ1) is 17.6. The second-order valence-corrected chi connectivity index (χ2v) is 5.00. The van der Waals surface area contributed by atoms with E-state index in [4.69, 9.17) is 39.9 Å². The summed E-state index contributed by atoms with van der Waals surface area (Å²) in [6, 6.07) is 2.86. The quantitative estimate of drug-likeness (QED) is 0.374. The lowest BCUT2D eigenvalue weighted by molar-refractivity contribution is 0.475. The van der Waals surface area contributed by atoms with Gasteiger partial charge in [0.2, 0.25) is 0 Å². The molecule has 0 aliphatic rings. The average Bonchev–Trinajstić information content (AvgIpc) is 2.38. The Balaban J connectivity index is 0.000000331. The van der Waals surface area contributed by atoms with Crippen molar-refractivity contribution in [1.82, 2.24) is 0 Å². The summed E-state index contributed by atoms with van der Waals surface area (Å²) in [7, 11) is 0. The second kappa shape index (κ2) is 10.5. The number of unbranched alkanes of at least 4 members (excludes halogenated alkanes) is 4. The molecule has 1 rings (SSSR count). The normalized spacial score (nSPS) is 9.56. The zero-order valence-electron chi connectivity index (χ0n) is 10.6. The molecule has 0 heterocycles. The van der Waals surface area contributed by atoms with E-state index in [0.29, 0.717) is 5.02 Å². The Morgan fingerprint density at radius 2 is 1.78 bits per heavy atom. The van der Waals surface area contributed by atoms with Crippen LogP contribution in [0.15, 0.2) is 24.8 Å². The molecule has 0 fully saturated rings. The molecule has 0 spiro atoms. The maximum Gasteiger partial charge on any atom is 0.135 e. The van der Waals surface area contributed by atoms with Crippen molar-refractivity contribution >= 4 is 34.8 Å². The molecule has 0 radical (unpaired) electrons. The van der Waals surface area contributed by atoms with Crippen molar-refractivity contribution in [2.75, 3.05) is 0 Å². The third-order valence-electron chi connectivity index (χ3n) is 2.28. The Morgan fingerprint density at radius 1 is 1.11 bits per heavy atom. The number of benzene rings is 1. The fourth-order valence-corrected chi connectivity index (χ4v) is 1.76. The number of hydrogen-bond acceptors (Lipinski definition) is 1. The maximum absolute atomic E-state index is 8.95. The molecule has 0 unspecified atom stereocenters. The molecule has 1 N–H and O–H groups in total. The van der Waals surface area contributed by atoms with E-state index in [1.807, 2.05) is 6.08 Å². The number of allylic oxidation sites excluding steroid dienone is 1. The lowest BCUT2D eigenvalue weighted by Gasteiger charge is -1.99. The zero-order chi connectivity index (χ0) is 14.0. The van der Waals surface area contributed by atoms with Crippen LogP contribution < -0.4 is 0 Å². The second-order valence-electron chi connectivity index (χ2n) is 3.83. The van der Waals surface area contributed by atoms with Gasteiger partial charge in [0.15, 0.2) is 0 Å². The number of phenols is 1. The predicted octanol–water partition coefficient (Wildman–Crippen LogP) is 6.50. The number of halogens is 3. The van der Waals surface area contributed by atoms with Crippen molar-refractivity contribution in [2.45, 2.75) is 39.0 Å². The Bertz CT molecular complexity index is 337. The van der Waals surface area contributed by atoms with Crippen molar-refractivity contribution < 1.29 is 5.11 Å². The third-order valence-corrected chi connectivity index (χ3v) is 3.56. The molecular weight excluding hydrogens is 291 g/mol. The van der Waals surface area contributed by atoms with Gasteiger partial charge in [-0.2, -0.15) is 0 Å². The highest BCUT2D eigenvalue weighted by molar-refractivity contribution is 6.48. The van der Waals surface area contributed by atoms with Gasteiger partial charge in [-0.15, -0.1) is 6.58 Å². The van der Waals surface area contributed by atoms with E-state index >= 15 is 0 Å². The lowest BCUT2D eigenvalue weighted by atomic mass is 10.2. The highest BCUT2D eigenvalue weighted by Gasteiger charge is 2.06. The Kier molecular flexibility index (Phi) is 10.3. The zero-order valence-corrected chi connectivity index (χ0v) is 12.8. The minimum Gasteiger partial charge on any atom is -0.506 e. The summed E-state index contributed by atoms with van der Waals surface area (Å²) in [6.07, 6.45) is 8.61. The van der Waals surface area contributed by atoms with Crippen molar-refractivity contribution in [3.05, 3.63) is 39.9 Å². The van der Waals surface area contributed by atoms with Gasteiger partial charge in [0.1, 0.15) is 10.8 Å². The molecule has 0 saturated heterocycles. The largest absolute Gasteiger partial charge is 0.506 e. The summed E-state index contributed by atoms with van der Waals surface area (Å²) >= 11 is 16.6. The van der Waals surface area contributed by atoms with Crippen LogP contribution in [-0.2, 0) is 0 Å². The number of phenolic OH excluding ortho intramolecular Hbond substituents is 1. The van der Waals surface area contributed by atoms with Crippen LogP contribution >= 0.6 is 34.8 Å². The molecule has 1 aromatic carbocycles. The molecule has 0 aliphatic heterocycles. The van der Waals surface area contributed by atoms with Crippen LogP contribution in [0.2, 0.25) is 15.1 Å². The molecule has 0 saturated carbocycles. The minimum absolute atomic E-state index is 0.0592. The van der Waals surface area contributed by atoms with Crippen LogP contribution in [-0.4, -0.2) is 5.11 Å². The van der Waals surface area contributed by atoms with E-state index < -0.39 is 0 Å². The first-order chi connectivity index (χ1) is 8.54. The van der Waals surface area contributed by atoms with E-state index in [-0.39, 0.29) is 15.8 Å². The van der Waals surface area contributed by atoms with Crippen LogP contribution in [0.1, 0.15) is 39.0 Å². The summed E-state index contributed by atoms with van der Waals surface area (Å²) in [6.45, 7) is 5.89. The topological polar surface area (TPSA) is 20.2 Å². The molecule has 0 aromatic heterocycles. The van der Waals surface area contributed by atoms with Gasteiger partial charge >= 0.3 is 0 Å². The highest BCUT2D eigenvalue weighted by Crippen LogP contribution is 2.35. The average molecular weight is 310 g/mol. The lowest BCUT2D eigenvalue weighted by Crippen LogP contribution is -1.71. The molecule has 1 nitrogen and oxygen atoms in total. The molecule has 4 heteroatoms. The van der Waals surface area contributed by atoms with E-state index in [1.165, 1.54) is 44.2 Å². The fourth-order valence-electron chi connectivity index (χ4n) is 1.23. The molecule has 18 heavy (non-hydrogen) atoms. The molecule has 102 valence electrons. The van der Waals surface area contributed by atoms with Gasteiger partial charge in [-0.05, 0) is 25.0 Å². The number of aromatic hydroxyl groups is 1. The fraction of sp³-hybridized carbons (Fsp3) is 0.429. The SMILES string of the molecule is C=CCCCCCC.Oc1ccc(Cl)c(Cl)c1Cl. The van der Waals surface area contributed by atoms with Crippen molar-refractivity contribution in [3.63, 3.8) is 0 Å². The summed E-state index contributed by atoms with van der Waals surface area (Å²) in [5.74, 6) is -0.0592. The van der Waals surface area contributed by atoms with Gasteiger partial charge in [0, 0.05) is 0 Å². The van der Waals surface area contributed by atoms with Crippen molar-refractivity contribution in [2.24, 2.45) is 0 Å². The predicted molar refractivity (Wildman–Crippen MR) is 82.1 cm³/mol. The van der Waals surface area contributed by atoms with Gasteiger partial charge < -0.3 is 5.11 Å². The molecule has 0 amide bonds. The summed E-state index contributed by atoms with van der Waals surface area (Å²) in [5.41, 5.74) is 0. The molecule has 0 atom stereocenters. The molecule has 0 bridgehead atoms. The summed E-state index contributed by atoms with van der Waals surface area (Å²) in [4.78, 5) is 0. The monoisotopic (exact) mass is 308 g/mol. The summed E-state index contributed by atoms with van der Waals surface area (Å²) < 4.78 is 0. The Hall–Kier alpha value is -0.370. The Labute approximate surface area is 124 Å². The molecular formula is C14H19Cl3O. The van der Waals surface area contributed by atoms with E-state index in [1.54, 1.807) is 0 Å². The van der Waals surface area contributed by atoms with Gasteiger partial charge in [0.05, 0.1) is 10.0 Å². The van der Waals surface area contributed by atoms with E-state index in [9.17, 15) is 0 Å². The van der Waals surface area contributed by atoms with Gasteiger partial charge in [0.25, 0.3) is 0 Å². The standard InChI is InChI=1S/C8H16.C6H3Cl3O/c1-3-5-7-8-6-4-2;7-3-1-2-4(10)6(9)5(3)8/h3H,1,4-8H2,2H3;1-2,10H. The van der Waals surface area contributed by atoms with Crippen LogP contribution in [0.4, 0.5) is 0 Å². The van der Waals surface area contributed by atoms with Gasteiger partial charge in [-0.3, -0.25) is 0 Å². The van der Waals surface area contributed by atoms with Crippen LogP contribution in [0, 0.1) is 0 Å². The van der Waals surface area contributed by atoms with Crippen molar-refractivity contribution in [1.29, 1.82) is 0 Å². The van der Waals surface area contributed by atoms with Crippen LogP contribution in [0.5, 0.6) is 5.75 Å². The first-order valence-corrected chi connectivity index (χ1v) is 7.11. The van der Waals surface area contributed by atoms with Crippen LogP contribution in [0.3, 0.4) is 0 Å².